The van der Waals surface area contributed by atoms with Gasteiger partial charge in [0, 0.05) is 12.5 Å². The number of unbranched alkanes of at least 4 members (excludes halogenated alkanes) is 3. The first-order valence-electron chi connectivity index (χ1n) is 6.65. The molecule has 0 aromatic rings. The number of halogens is 1. The van der Waals surface area contributed by atoms with Crippen LogP contribution in [0.15, 0.2) is 0 Å². The molecule has 0 saturated heterocycles. The predicted molar refractivity (Wildman–Crippen MR) is 74.7 cm³/mol. The molecule has 2 aliphatic carbocycles. The van der Waals surface area contributed by atoms with E-state index in [0.29, 0.717) is 11.8 Å². The second kappa shape index (κ2) is 6.22. The lowest BCUT2D eigenvalue weighted by Crippen LogP contribution is -2.30. The van der Waals surface area contributed by atoms with Crippen LogP contribution in [0.4, 0.5) is 0 Å². The van der Waals surface area contributed by atoms with Crippen molar-refractivity contribution in [3.8, 4) is 0 Å². The molecule has 0 aromatic heterocycles. The summed E-state index contributed by atoms with van der Waals surface area (Å²) in [4.78, 5) is 11.8. The van der Waals surface area contributed by atoms with Crippen molar-refractivity contribution in [2.45, 2.75) is 44.9 Å². The highest BCUT2D eigenvalue weighted by atomic mass is 127. The monoisotopic (exact) mass is 335 g/mol. The van der Waals surface area contributed by atoms with Gasteiger partial charge in [-0.15, -0.1) is 0 Å². The Morgan fingerprint density at radius 3 is 2.44 bits per heavy atom. The molecule has 2 nitrogen and oxygen atoms in total. The Bertz CT molecular complexity index is 234. The SMILES string of the molecule is O=C(NCCCCCCI)C1CC2CC2C1. The third-order valence-electron chi connectivity index (χ3n) is 3.97. The first kappa shape index (κ1) is 12.7. The third kappa shape index (κ3) is 3.60. The summed E-state index contributed by atoms with van der Waals surface area (Å²) in [5.74, 6) is 2.53. The standard InChI is InChI=1S/C13H22INO/c14-5-3-1-2-4-6-15-13(16)12-8-10-7-11(10)9-12/h10-12H,1-9H2,(H,15,16). The van der Waals surface area contributed by atoms with Gasteiger partial charge in [-0.05, 0) is 48.4 Å². The summed E-state index contributed by atoms with van der Waals surface area (Å²) in [5.41, 5.74) is 0. The molecule has 2 saturated carbocycles. The predicted octanol–water partition coefficient (Wildman–Crippen LogP) is 3.14. The molecule has 16 heavy (non-hydrogen) atoms. The van der Waals surface area contributed by atoms with Crippen molar-refractivity contribution in [2.24, 2.45) is 17.8 Å². The van der Waals surface area contributed by atoms with Crippen LogP contribution >= 0.6 is 22.6 Å². The van der Waals surface area contributed by atoms with E-state index in [1.165, 1.54) is 43.0 Å². The van der Waals surface area contributed by atoms with Crippen molar-refractivity contribution in [2.75, 3.05) is 11.0 Å². The van der Waals surface area contributed by atoms with Gasteiger partial charge in [-0.2, -0.15) is 0 Å². The second-order valence-corrected chi connectivity index (χ2v) is 6.40. The van der Waals surface area contributed by atoms with Crippen LogP contribution in [0.5, 0.6) is 0 Å². The van der Waals surface area contributed by atoms with Gasteiger partial charge in [-0.25, -0.2) is 0 Å². The fourth-order valence-corrected chi connectivity index (χ4v) is 3.40. The van der Waals surface area contributed by atoms with Crippen LogP contribution < -0.4 is 5.32 Å². The van der Waals surface area contributed by atoms with E-state index in [2.05, 4.69) is 27.9 Å². The minimum Gasteiger partial charge on any atom is -0.356 e. The summed E-state index contributed by atoms with van der Waals surface area (Å²) in [6.07, 6.45) is 8.80. The summed E-state index contributed by atoms with van der Waals surface area (Å²) in [5, 5.41) is 3.10. The van der Waals surface area contributed by atoms with E-state index in [0.717, 1.165) is 24.8 Å². The molecule has 2 atom stereocenters. The largest absolute Gasteiger partial charge is 0.356 e. The molecule has 0 bridgehead atoms. The van der Waals surface area contributed by atoms with Gasteiger partial charge < -0.3 is 5.32 Å². The van der Waals surface area contributed by atoms with Gasteiger partial charge in [0.2, 0.25) is 5.91 Å². The summed E-state index contributed by atoms with van der Waals surface area (Å²) < 4.78 is 1.26. The van der Waals surface area contributed by atoms with Gasteiger partial charge in [-0.3, -0.25) is 4.79 Å². The maximum absolute atomic E-state index is 11.8. The highest BCUT2D eigenvalue weighted by Gasteiger charge is 2.47. The molecule has 0 heterocycles. The molecule has 0 spiro atoms. The molecular formula is C13H22INO. The normalized spacial score (nSPS) is 31.2. The molecule has 0 aromatic carbocycles. The molecule has 2 aliphatic rings. The Hall–Kier alpha value is 0.200. The smallest absolute Gasteiger partial charge is 0.223 e. The van der Waals surface area contributed by atoms with Crippen LogP contribution in [0, 0.1) is 17.8 Å². The van der Waals surface area contributed by atoms with Crippen molar-refractivity contribution >= 4 is 28.5 Å². The quantitative estimate of drug-likeness (QED) is 0.432. The Kier molecular flexibility index (Phi) is 4.92. The van der Waals surface area contributed by atoms with Crippen LogP contribution in [0.1, 0.15) is 44.9 Å². The minimum absolute atomic E-state index is 0.334. The van der Waals surface area contributed by atoms with Gasteiger partial charge in [0.1, 0.15) is 0 Å². The first-order valence-corrected chi connectivity index (χ1v) is 8.17. The van der Waals surface area contributed by atoms with Gasteiger partial charge in [0.25, 0.3) is 0 Å². The van der Waals surface area contributed by atoms with Gasteiger partial charge in [0.05, 0.1) is 0 Å². The molecule has 2 rings (SSSR count). The van der Waals surface area contributed by atoms with Crippen molar-refractivity contribution in [1.82, 2.24) is 5.32 Å². The molecule has 92 valence electrons. The van der Waals surface area contributed by atoms with Crippen molar-refractivity contribution in [3.05, 3.63) is 0 Å². The van der Waals surface area contributed by atoms with Crippen LogP contribution in [-0.2, 0) is 4.79 Å². The van der Waals surface area contributed by atoms with Crippen LogP contribution in [0.3, 0.4) is 0 Å². The number of hydrogen-bond acceptors (Lipinski definition) is 1. The number of hydrogen-bond donors (Lipinski definition) is 1. The van der Waals surface area contributed by atoms with Crippen LogP contribution in [0.2, 0.25) is 0 Å². The Morgan fingerprint density at radius 1 is 1.06 bits per heavy atom. The van der Waals surface area contributed by atoms with Crippen molar-refractivity contribution in [1.29, 1.82) is 0 Å². The number of fused-ring (bicyclic) bond motifs is 1. The highest BCUT2D eigenvalue weighted by molar-refractivity contribution is 14.1. The van der Waals surface area contributed by atoms with Crippen molar-refractivity contribution in [3.63, 3.8) is 0 Å². The van der Waals surface area contributed by atoms with Gasteiger partial charge >= 0.3 is 0 Å². The van der Waals surface area contributed by atoms with Crippen LogP contribution in [0.25, 0.3) is 0 Å². The number of alkyl halides is 1. The zero-order chi connectivity index (χ0) is 11.4. The average Bonchev–Trinajstić information content (AvgIpc) is 2.90. The topological polar surface area (TPSA) is 29.1 Å². The molecular weight excluding hydrogens is 313 g/mol. The number of amides is 1. The lowest BCUT2D eigenvalue weighted by atomic mass is 10.0. The lowest BCUT2D eigenvalue weighted by molar-refractivity contribution is -0.125. The van der Waals surface area contributed by atoms with Gasteiger partial charge in [0.15, 0.2) is 0 Å². The summed E-state index contributed by atoms with van der Waals surface area (Å²) in [6, 6.07) is 0. The first-order chi connectivity index (χ1) is 7.81. The van der Waals surface area contributed by atoms with E-state index >= 15 is 0 Å². The molecule has 1 N–H and O–H groups in total. The fraction of sp³-hybridized carbons (Fsp3) is 0.923. The number of nitrogens with one attached hydrogen (secondary N) is 1. The molecule has 0 aliphatic heterocycles. The molecule has 2 unspecified atom stereocenters. The lowest BCUT2D eigenvalue weighted by Gasteiger charge is -2.11. The highest BCUT2D eigenvalue weighted by Crippen LogP contribution is 2.54. The second-order valence-electron chi connectivity index (χ2n) is 5.32. The summed E-state index contributed by atoms with van der Waals surface area (Å²) >= 11 is 2.42. The summed E-state index contributed by atoms with van der Waals surface area (Å²) in [7, 11) is 0. The summed E-state index contributed by atoms with van der Waals surface area (Å²) in [6.45, 7) is 0.895. The van der Waals surface area contributed by atoms with E-state index in [9.17, 15) is 4.79 Å². The minimum atomic E-state index is 0.334. The molecule has 0 radical (unpaired) electrons. The number of carbonyl (C=O) groups excluding carboxylic acids is 1. The maximum Gasteiger partial charge on any atom is 0.223 e. The van der Waals surface area contributed by atoms with E-state index in [1.54, 1.807) is 0 Å². The molecule has 3 heteroatoms. The van der Waals surface area contributed by atoms with Crippen LogP contribution in [-0.4, -0.2) is 16.9 Å². The molecule has 2 fully saturated rings. The average molecular weight is 335 g/mol. The molecule has 1 amide bonds. The Balaban J connectivity index is 1.48. The third-order valence-corrected chi connectivity index (χ3v) is 4.74. The van der Waals surface area contributed by atoms with Crippen molar-refractivity contribution < 1.29 is 4.79 Å². The Labute approximate surface area is 112 Å². The van der Waals surface area contributed by atoms with Gasteiger partial charge in [-0.1, -0.05) is 35.4 Å². The van der Waals surface area contributed by atoms with E-state index in [1.807, 2.05) is 0 Å². The maximum atomic E-state index is 11.8. The number of rotatable bonds is 7. The number of carbonyl (C=O) groups is 1. The zero-order valence-corrected chi connectivity index (χ0v) is 12.0. The van der Waals surface area contributed by atoms with E-state index < -0.39 is 0 Å². The van der Waals surface area contributed by atoms with E-state index in [-0.39, 0.29) is 0 Å². The Morgan fingerprint density at radius 2 is 1.75 bits per heavy atom. The van der Waals surface area contributed by atoms with E-state index in [4.69, 9.17) is 0 Å². The zero-order valence-electron chi connectivity index (χ0n) is 9.88. The fourth-order valence-electron chi connectivity index (χ4n) is 2.86.